The van der Waals surface area contributed by atoms with E-state index in [9.17, 15) is 9.90 Å². The van der Waals surface area contributed by atoms with Crippen molar-refractivity contribution < 1.29 is 29.4 Å². The van der Waals surface area contributed by atoms with E-state index in [0.717, 1.165) is 37.2 Å². The number of unbranched alkanes of at least 4 members (excludes halogenated alkanes) is 1. The quantitative estimate of drug-likeness (QED) is 0.251. The number of nitrogens with two attached hydrogens (primary N) is 1. The highest BCUT2D eigenvalue weighted by molar-refractivity contribution is 6.40. The van der Waals surface area contributed by atoms with Gasteiger partial charge in [0.25, 0.3) is 0 Å². The zero-order chi connectivity index (χ0) is 21.6. The van der Waals surface area contributed by atoms with Crippen LogP contribution < -0.4 is 15.8 Å². The van der Waals surface area contributed by atoms with Gasteiger partial charge in [-0.3, -0.25) is 4.79 Å². The molecule has 6 N–H and O–H groups in total. The summed E-state index contributed by atoms with van der Waals surface area (Å²) in [5.41, 5.74) is 6.14. The number of rotatable bonds is 12. The molecule has 0 amide bonds. The minimum Gasteiger partial charge on any atom is -0.488 e. The fraction of sp³-hybridized carbons (Fsp3) is 0.667. The van der Waals surface area contributed by atoms with Gasteiger partial charge < -0.3 is 35.7 Å². The van der Waals surface area contributed by atoms with Gasteiger partial charge in [-0.25, -0.2) is 0 Å². The van der Waals surface area contributed by atoms with Crippen LogP contribution in [-0.2, 0) is 16.1 Å². The monoisotopic (exact) mass is 420 g/mol. The van der Waals surface area contributed by atoms with Gasteiger partial charge in [-0.1, -0.05) is 25.0 Å². The van der Waals surface area contributed by atoms with Gasteiger partial charge in [0.05, 0.1) is 13.2 Å². The summed E-state index contributed by atoms with van der Waals surface area (Å²) in [7, 11) is -1.35. The first-order chi connectivity index (χ1) is 14.4. The Labute approximate surface area is 177 Å². The van der Waals surface area contributed by atoms with E-state index in [4.69, 9.17) is 25.3 Å². The molecule has 2 unspecified atom stereocenters. The molecule has 166 valence electrons. The maximum absolute atomic E-state index is 11.8. The highest BCUT2D eigenvalue weighted by Gasteiger charge is 2.48. The summed E-state index contributed by atoms with van der Waals surface area (Å²) in [6.07, 6.45) is 4.22. The van der Waals surface area contributed by atoms with Gasteiger partial charge >= 0.3 is 13.1 Å². The molecule has 1 saturated heterocycles. The summed E-state index contributed by atoms with van der Waals surface area (Å²) in [6, 6.07) is 8.26. The van der Waals surface area contributed by atoms with Gasteiger partial charge in [0.1, 0.15) is 17.4 Å². The predicted molar refractivity (Wildman–Crippen MR) is 113 cm³/mol. The second-order valence-electron chi connectivity index (χ2n) is 8.57. The van der Waals surface area contributed by atoms with E-state index in [1.807, 2.05) is 24.3 Å². The minimum absolute atomic E-state index is 0.0732. The molecule has 1 aromatic rings. The fourth-order valence-corrected chi connectivity index (χ4v) is 4.18. The maximum atomic E-state index is 11.8. The smallest absolute Gasteiger partial charge is 0.451 e. The van der Waals surface area contributed by atoms with Gasteiger partial charge in [0, 0.05) is 19.0 Å². The standard InChI is InChI=1S/C21H33BN2O6/c23-21(20(25)26,8-1-2-9-22(27)28)16-11-17(12-16)24-13-15-3-5-18(6-4-15)30-19-7-10-29-14-19/h3-6,16-17,19,24,27-28H,1-2,7-14,23H2,(H,25,26). The largest absolute Gasteiger partial charge is 0.488 e. The summed E-state index contributed by atoms with van der Waals surface area (Å²) < 4.78 is 11.2. The van der Waals surface area contributed by atoms with Crippen molar-refractivity contribution in [3.05, 3.63) is 29.8 Å². The highest BCUT2D eigenvalue weighted by Crippen LogP contribution is 2.38. The Morgan fingerprint density at radius 3 is 2.60 bits per heavy atom. The van der Waals surface area contributed by atoms with Crippen LogP contribution in [0.3, 0.4) is 0 Å². The summed E-state index contributed by atoms with van der Waals surface area (Å²) in [4.78, 5) is 11.8. The van der Waals surface area contributed by atoms with Crippen LogP contribution in [0, 0.1) is 5.92 Å². The van der Waals surface area contributed by atoms with Crippen LogP contribution in [0.15, 0.2) is 24.3 Å². The Kier molecular flexibility index (Phi) is 8.13. The molecular formula is C21H33BN2O6. The molecule has 30 heavy (non-hydrogen) atoms. The zero-order valence-electron chi connectivity index (χ0n) is 17.3. The summed E-state index contributed by atoms with van der Waals surface area (Å²) >= 11 is 0. The number of hydrogen-bond acceptors (Lipinski definition) is 7. The minimum atomic E-state index is -1.35. The van der Waals surface area contributed by atoms with Crippen molar-refractivity contribution in [2.75, 3.05) is 13.2 Å². The van der Waals surface area contributed by atoms with Crippen molar-refractivity contribution in [1.29, 1.82) is 0 Å². The molecule has 2 fully saturated rings. The van der Waals surface area contributed by atoms with Crippen LogP contribution in [0.5, 0.6) is 5.75 Å². The number of nitrogens with one attached hydrogen (secondary N) is 1. The van der Waals surface area contributed by atoms with Gasteiger partial charge in [-0.15, -0.1) is 0 Å². The maximum Gasteiger partial charge on any atom is 0.451 e. The molecule has 1 aliphatic heterocycles. The van der Waals surface area contributed by atoms with E-state index in [1.54, 1.807) is 0 Å². The normalized spacial score (nSPS) is 25.4. The van der Waals surface area contributed by atoms with Crippen LogP contribution in [0.25, 0.3) is 0 Å². The van der Waals surface area contributed by atoms with Gasteiger partial charge in [0.15, 0.2) is 0 Å². The SMILES string of the molecule is NC(CCCCB(O)O)(C(=O)O)C1CC(NCc2ccc(OC3CCOC3)cc2)C1. The van der Waals surface area contributed by atoms with Crippen molar-refractivity contribution in [3.8, 4) is 5.75 Å². The van der Waals surface area contributed by atoms with E-state index in [-0.39, 0.29) is 24.4 Å². The first-order valence-electron chi connectivity index (χ1n) is 10.8. The number of hydrogen-bond donors (Lipinski definition) is 5. The van der Waals surface area contributed by atoms with Crippen molar-refractivity contribution in [2.24, 2.45) is 11.7 Å². The lowest BCUT2D eigenvalue weighted by Crippen LogP contribution is -2.61. The van der Waals surface area contributed by atoms with Crippen LogP contribution in [0.2, 0.25) is 6.32 Å². The first-order valence-corrected chi connectivity index (χ1v) is 10.8. The fourth-order valence-electron chi connectivity index (χ4n) is 4.18. The average molecular weight is 420 g/mol. The molecular weight excluding hydrogens is 387 g/mol. The van der Waals surface area contributed by atoms with Crippen molar-refractivity contribution in [1.82, 2.24) is 5.32 Å². The van der Waals surface area contributed by atoms with Crippen molar-refractivity contribution in [3.63, 3.8) is 0 Å². The predicted octanol–water partition coefficient (Wildman–Crippen LogP) is 1.15. The highest BCUT2D eigenvalue weighted by atomic mass is 16.5. The number of benzene rings is 1. The zero-order valence-corrected chi connectivity index (χ0v) is 17.3. The number of carboxylic acids is 1. The molecule has 0 radical (unpaired) electrons. The third-order valence-electron chi connectivity index (χ3n) is 6.28. The number of ether oxygens (including phenoxy) is 2. The number of aliphatic carboxylic acids is 1. The lowest BCUT2D eigenvalue weighted by Gasteiger charge is -2.45. The lowest BCUT2D eigenvalue weighted by molar-refractivity contribution is -0.148. The Hall–Kier alpha value is -1.65. The van der Waals surface area contributed by atoms with E-state index in [0.29, 0.717) is 32.4 Å². The average Bonchev–Trinajstić information content (AvgIpc) is 3.18. The molecule has 0 aromatic heterocycles. The molecule has 1 saturated carbocycles. The Morgan fingerprint density at radius 2 is 2.00 bits per heavy atom. The van der Waals surface area contributed by atoms with E-state index in [1.165, 1.54) is 0 Å². The Bertz CT molecular complexity index is 677. The number of carboxylic acid groups (broad SMARTS) is 1. The van der Waals surface area contributed by atoms with Crippen LogP contribution in [0.1, 0.15) is 44.1 Å². The van der Waals surface area contributed by atoms with Crippen LogP contribution in [0.4, 0.5) is 0 Å². The van der Waals surface area contributed by atoms with Crippen molar-refractivity contribution in [2.45, 2.75) is 69.1 Å². The van der Waals surface area contributed by atoms with E-state index < -0.39 is 18.6 Å². The molecule has 1 aliphatic carbocycles. The van der Waals surface area contributed by atoms with Crippen LogP contribution in [-0.4, -0.2) is 59.1 Å². The second kappa shape index (κ2) is 10.6. The number of carbonyl (C=O) groups is 1. The lowest BCUT2D eigenvalue weighted by atomic mass is 9.66. The molecule has 3 rings (SSSR count). The Balaban J connectivity index is 1.39. The third kappa shape index (κ3) is 6.18. The van der Waals surface area contributed by atoms with Crippen molar-refractivity contribution >= 4 is 13.1 Å². The molecule has 8 nitrogen and oxygen atoms in total. The molecule has 2 atom stereocenters. The van der Waals surface area contributed by atoms with Crippen LogP contribution >= 0.6 is 0 Å². The molecule has 1 heterocycles. The topological polar surface area (TPSA) is 134 Å². The van der Waals surface area contributed by atoms with Gasteiger partial charge in [-0.05, 0) is 49.2 Å². The summed E-state index contributed by atoms with van der Waals surface area (Å²) in [6.45, 7) is 2.12. The van der Waals surface area contributed by atoms with E-state index in [2.05, 4.69) is 5.32 Å². The van der Waals surface area contributed by atoms with Gasteiger partial charge in [0.2, 0.25) is 0 Å². The summed E-state index contributed by atoms with van der Waals surface area (Å²) in [5, 5.41) is 30.9. The second-order valence-corrected chi connectivity index (χ2v) is 8.57. The first kappa shape index (κ1) is 23.0. The molecule has 2 aliphatic rings. The van der Waals surface area contributed by atoms with E-state index >= 15 is 0 Å². The van der Waals surface area contributed by atoms with Gasteiger partial charge in [-0.2, -0.15) is 0 Å². The molecule has 9 heteroatoms. The molecule has 0 spiro atoms. The molecule has 1 aromatic carbocycles. The molecule has 0 bridgehead atoms. The Morgan fingerprint density at radius 1 is 1.27 bits per heavy atom. The third-order valence-corrected chi connectivity index (χ3v) is 6.28. The summed E-state index contributed by atoms with van der Waals surface area (Å²) in [5.74, 6) is -0.198.